The molecule has 1 rings (SSSR count). The van der Waals surface area contributed by atoms with Crippen LogP contribution in [0, 0.1) is 11.6 Å². The van der Waals surface area contributed by atoms with Crippen molar-refractivity contribution < 1.29 is 13.5 Å². The Balaban J connectivity index is 2.77. The van der Waals surface area contributed by atoms with Gasteiger partial charge >= 0.3 is 0 Å². The molecular formula is C11H15F2NOS. The van der Waals surface area contributed by atoms with E-state index >= 15 is 0 Å². The monoisotopic (exact) mass is 247 g/mol. The van der Waals surface area contributed by atoms with E-state index in [1.54, 1.807) is 18.8 Å². The van der Waals surface area contributed by atoms with Crippen LogP contribution in [0.2, 0.25) is 0 Å². The molecule has 0 unspecified atom stereocenters. The molecule has 16 heavy (non-hydrogen) atoms. The summed E-state index contributed by atoms with van der Waals surface area (Å²) in [5, 5.41) is 2.83. The van der Waals surface area contributed by atoms with Gasteiger partial charge in [0.2, 0.25) is 0 Å². The van der Waals surface area contributed by atoms with Gasteiger partial charge in [0.1, 0.15) is 0 Å². The van der Waals surface area contributed by atoms with E-state index in [2.05, 4.69) is 5.32 Å². The third-order valence-corrected chi connectivity index (χ3v) is 2.55. The van der Waals surface area contributed by atoms with Crippen LogP contribution in [0.5, 0.6) is 5.75 Å². The summed E-state index contributed by atoms with van der Waals surface area (Å²) in [4.78, 5) is 0. The highest BCUT2D eigenvalue weighted by atomic mass is 32.2. The molecule has 0 bridgehead atoms. The standard InChI is InChI=1S/C11H15F2NOS/c1-14-7-8-5-9(12)11(10(13)6-8)15-3-4-16-2/h5-6,14H,3-4,7H2,1-2H3. The van der Waals surface area contributed by atoms with E-state index in [4.69, 9.17) is 4.74 Å². The van der Waals surface area contributed by atoms with Gasteiger partial charge in [0.25, 0.3) is 0 Å². The minimum atomic E-state index is -0.647. The topological polar surface area (TPSA) is 21.3 Å². The number of ether oxygens (including phenoxy) is 1. The van der Waals surface area contributed by atoms with E-state index in [1.165, 1.54) is 12.1 Å². The first-order valence-electron chi connectivity index (χ1n) is 4.93. The fraction of sp³-hybridized carbons (Fsp3) is 0.455. The van der Waals surface area contributed by atoms with Gasteiger partial charge in [-0.3, -0.25) is 0 Å². The van der Waals surface area contributed by atoms with Crippen molar-refractivity contribution >= 4 is 11.8 Å². The molecule has 1 N–H and O–H groups in total. The summed E-state index contributed by atoms with van der Waals surface area (Å²) >= 11 is 1.56. The highest BCUT2D eigenvalue weighted by Crippen LogP contribution is 2.23. The van der Waals surface area contributed by atoms with Crippen molar-refractivity contribution in [1.82, 2.24) is 5.32 Å². The molecule has 0 heterocycles. The maximum absolute atomic E-state index is 13.5. The molecule has 0 aliphatic rings. The van der Waals surface area contributed by atoms with E-state index in [-0.39, 0.29) is 5.75 Å². The zero-order valence-electron chi connectivity index (χ0n) is 9.35. The van der Waals surface area contributed by atoms with Crippen molar-refractivity contribution in [2.45, 2.75) is 6.54 Å². The smallest absolute Gasteiger partial charge is 0.190 e. The fourth-order valence-corrected chi connectivity index (χ4v) is 1.53. The summed E-state index contributed by atoms with van der Waals surface area (Å²) in [5.41, 5.74) is 0.565. The molecule has 1 aromatic rings. The van der Waals surface area contributed by atoms with E-state index in [1.807, 2.05) is 6.26 Å². The molecule has 0 saturated heterocycles. The average Bonchev–Trinajstić information content (AvgIpc) is 2.23. The Morgan fingerprint density at radius 1 is 1.31 bits per heavy atom. The van der Waals surface area contributed by atoms with Crippen molar-refractivity contribution in [1.29, 1.82) is 0 Å². The van der Waals surface area contributed by atoms with Gasteiger partial charge < -0.3 is 10.1 Å². The molecule has 0 saturated carbocycles. The van der Waals surface area contributed by atoms with Gasteiger partial charge in [-0.05, 0) is 31.0 Å². The SMILES string of the molecule is CNCc1cc(F)c(OCCSC)c(F)c1. The maximum atomic E-state index is 13.5. The van der Waals surface area contributed by atoms with Crippen molar-refractivity contribution in [2.75, 3.05) is 25.7 Å². The minimum Gasteiger partial charge on any atom is -0.487 e. The normalized spacial score (nSPS) is 10.5. The van der Waals surface area contributed by atoms with E-state index in [9.17, 15) is 8.78 Å². The van der Waals surface area contributed by atoms with Crippen LogP contribution in [0.1, 0.15) is 5.56 Å². The summed E-state index contributed by atoms with van der Waals surface area (Å²) in [6, 6.07) is 2.57. The number of nitrogens with one attached hydrogen (secondary N) is 1. The first-order chi connectivity index (χ1) is 7.69. The Kier molecular flexibility index (Phi) is 5.55. The van der Waals surface area contributed by atoms with E-state index in [0.29, 0.717) is 24.5 Å². The lowest BCUT2D eigenvalue weighted by Crippen LogP contribution is -2.08. The molecule has 0 aliphatic heterocycles. The second kappa shape index (κ2) is 6.70. The zero-order chi connectivity index (χ0) is 12.0. The summed E-state index contributed by atoms with van der Waals surface area (Å²) in [7, 11) is 1.72. The lowest BCUT2D eigenvalue weighted by atomic mass is 10.2. The minimum absolute atomic E-state index is 0.283. The number of hydrogen-bond donors (Lipinski definition) is 1. The highest BCUT2D eigenvalue weighted by Gasteiger charge is 2.12. The Morgan fingerprint density at radius 2 is 1.94 bits per heavy atom. The predicted molar refractivity (Wildman–Crippen MR) is 63.0 cm³/mol. The Labute approximate surface area is 98.4 Å². The van der Waals surface area contributed by atoms with Gasteiger partial charge in [-0.1, -0.05) is 0 Å². The molecule has 0 fully saturated rings. The molecule has 0 atom stereocenters. The lowest BCUT2D eigenvalue weighted by molar-refractivity contribution is 0.305. The molecule has 0 radical (unpaired) electrons. The van der Waals surface area contributed by atoms with Crippen LogP contribution in [0.3, 0.4) is 0 Å². The number of hydrogen-bond acceptors (Lipinski definition) is 3. The van der Waals surface area contributed by atoms with Crippen LogP contribution in [-0.2, 0) is 6.54 Å². The summed E-state index contributed by atoms with van der Waals surface area (Å²) < 4.78 is 32.0. The van der Waals surface area contributed by atoms with E-state index in [0.717, 1.165) is 0 Å². The molecule has 1 aromatic carbocycles. The molecule has 0 spiro atoms. The molecule has 0 amide bonds. The van der Waals surface area contributed by atoms with Gasteiger partial charge in [-0.15, -0.1) is 0 Å². The Hall–Kier alpha value is -0.810. The number of halogens is 2. The van der Waals surface area contributed by atoms with Crippen molar-refractivity contribution in [3.05, 3.63) is 29.3 Å². The van der Waals surface area contributed by atoms with Crippen LogP contribution in [0.4, 0.5) is 8.78 Å². The van der Waals surface area contributed by atoms with Crippen LogP contribution < -0.4 is 10.1 Å². The van der Waals surface area contributed by atoms with Gasteiger partial charge in [-0.2, -0.15) is 11.8 Å². The third-order valence-electron chi connectivity index (χ3n) is 1.97. The predicted octanol–water partition coefficient (Wildman–Crippen LogP) is 2.43. The molecule has 0 aliphatic carbocycles. The van der Waals surface area contributed by atoms with Crippen LogP contribution in [0.25, 0.3) is 0 Å². The molecule has 0 aromatic heterocycles. The molecule has 2 nitrogen and oxygen atoms in total. The zero-order valence-corrected chi connectivity index (χ0v) is 10.2. The Morgan fingerprint density at radius 3 is 2.44 bits per heavy atom. The second-order valence-corrected chi connectivity index (χ2v) is 4.25. The first-order valence-corrected chi connectivity index (χ1v) is 6.32. The van der Waals surface area contributed by atoms with Crippen LogP contribution in [-0.4, -0.2) is 25.7 Å². The number of thioether (sulfide) groups is 1. The van der Waals surface area contributed by atoms with Gasteiger partial charge in [0.05, 0.1) is 6.61 Å². The Bertz CT molecular complexity index is 324. The van der Waals surface area contributed by atoms with Crippen LogP contribution >= 0.6 is 11.8 Å². The van der Waals surface area contributed by atoms with Crippen molar-refractivity contribution in [3.63, 3.8) is 0 Å². The van der Waals surface area contributed by atoms with Gasteiger partial charge in [0, 0.05) is 12.3 Å². The molecule has 90 valence electrons. The third kappa shape index (κ3) is 3.64. The molecular weight excluding hydrogens is 232 g/mol. The molecule has 5 heteroatoms. The summed E-state index contributed by atoms with van der Waals surface area (Å²) in [6.45, 7) is 0.735. The van der Waals surface area contributed by atoms with Crippen molar-refractivity contribution in [3.8, 4) is 5.75 Å². The number of rotatable bonds is 6. The van der Waals surface area contributed by atoms with Crippen LogP contribution in [0.15, 0.2) is 12.1 Å². The summed E-state index contributed by atoms with van der Waals surface area (Å²) in [6.07, 6.45) is 1.91. The largest absolute Gasteiger partial charge is 0.487 e. The van der Waals surface area contributed by atoms with Crippen molar-refractivity contribution in [2.24, 2.45) is 0 Å². The van der Waals surface area contributed by atoms with Gasteiger partial charge in [-0.25, -0.2) is 8.78 Å². The maximum Gasteiger partial charge on any atom is 0.190 e. The van der Waals surface area contributed by atoms with E-state index < -0.39 is 11.6 Å². The van der Waals surface area contributed by atoms with Gasteiger partial charge in [0.15, 0.2) is 17.4 Å². The average molecular weight is 247 g/mol. The summed E-state index contributed by atoms with van der Waals surface area (Å²) in [5.74, 6) is -0.872. The first kappa shape index (κ1) is 13.3. The highest BCUT2D eigenvalue weighted by molar-refractivity contribution is 7.98. The second-order valence-electron chi connectivity index (χ2n) is 3.26. The lowest BCUT2D eigenvalue weighted by Gasteiger charge is -2.09. The number of benzene rings is 1. The fourth-order valence-electron chi connectivity index (χ4n) is 1.28. The quantitative estimate of drug-likeness (QED) is 0.780.